The number of sulfonamides is 1. The standard InChI is InChI=1S/C30H32N2O6S.2H2/c33-19-25-7-4-16-32(25)39(35,36)26-11-8-21(9-12-26)22-5-3-6-24(17-22)31-29(34)30(14-1-2-15-30)23-10-13-27-28(18-23)38-20-37-27;;/h3,5-6,8-13,17-18,25,33H,1-2,4,7,14-16,19-20H2,(H,31,34);2*1H/t25-;;/m1../s1. The van der Waals surface area contributed by atoms with Gasteiger partial charge in [-0.2, -0.15) is 4.31 Å². The Kier molecular flexibility index (Phi) is 6.82. The van der Waals surface area contributed by atoms with Crippen LogP contribution >= 0.6 is 0 Å². The van der Waals surface area contributed by atoms with Gasteiger partial charge in [0.25, 0.3) is 0 Å². The lowest BCUT2D eigenvalue weighted by Crippen LogP contribution is -2.38. The number of carbonyl (C=O) groups excluding carboxylic acids is 1. The number of carbonyl (C=O) groups is 1. The second-order valence-corrected chi connectivity index (χ2v) is 12.4. The van der Waals surface area contributed by atoms with Crippen molar-refractivity contribution in [2.75, 3.05) is 25.3 Å². The maximum absolute atomic E-state index is 13.7. The smallest absolute Gasteiger partial charge is 0.243 e. The first-order chi connectivity index (χ1) is 18.9. The molecule has 2 fully saturated rings. The summed E-state index contributed by atoms with van der Waals surface area (Å²) in [6, 6.07) is 19.8. The quantitative estimate of drug-likeness (QED) is 0.419. The minimum Gasteiger partial charge on any atom is -0.454 e. The van der Waals surface area contributed by atoms with Gasteiger partial charge in [-0.3, -0.25) is 4.79 Å². The van der Waals surface area contributed by atoms with E-state index in [4.69, 9.17) is 9.47 Å². The van der Waals surface area contributed by atoms with Gasteiger partial charge in [0.2, 0.25) is 22.7 Å². The number of benzene rings is 3. The number of amides is 1. The van der Waals surface area contributed by atoms with Gasteiger partial charge in [-0.25, -0.2) is 8.42 Å². The molecule has 2 N–H and O–H groups in total. The highest BCUT2D eigenvalue weighted by atomic mass is 32.2. The molecule has 8 nitrogen and oxygen atoms in total. The fourth-order valence-electron chi connectivity index (χ4n) is 6.11. The van der Waals surface area contributed by atoms with Crippen LogP contribution in [0, 0.1) is 0 Å². The zero-order chi connectivity index (χ0) is 27.0. The Morgan fingerprint density at radius 3 is 2.51 bits per heavy atom. The molecule has 39 heavy (non-hydrogen) atoms. The van der Waals surface area contributed by atoms with E-state index in [2.05, 4.69) is 5.32 Å². The van der Waals surface area contributed by atoms with E-state index < -0.39 is 15.4 Å². The van der Waals surface area contributed by atoms with E-state index in [1.165, 1.54) is 4.31 Å². The van der Waals surface area contributed by atoms with Crippen LogP contribution in [0.15, 0.2) is 71.6 Å². The molecule has 6 rings (SSSR count). The number of hydrogen-bond donors (Lipinski definition) is 2. The van der Waals surface area contributed by atoms with E-state index in [0.29, 0.717) is 30.2 Å². The molecule has 2 heterocycles. The molecule has 1 saturated carbocycles. The van der Waals surface area contributed by atoms with Crippen LogP contribution in [-0.4, -0.2) is 49.7 Å². The summed E-state index contributed by atoms with van der Waals surface area (Å²) in [5.74, 6) is 1.34. The number of fused-ring (bicyclic) bond motifs is 1. The SMILES string of the molecule is O=C(Nc1cccc(-c2ccc(S(=O)(=O)N3CCC[C@@H]3CO)cc2)c1)C1(c2ccc3c(c2)OCO3)CCCC1.[HH].[HH]. The van der Waals surface area contributed by atoms with Crippen LogP contribution in [0.2, 0.25) is 0 Å². The molecule has 3 aliphatic rings. The highest BCUT2D eigenvalue weighted by Crippen LogP contribution is 2.45. The summed E-state index contributed by atoms with van der Waals surface area (Å²) >= 11 is 0. The number of aliphatic hydroxyl groups excluding tert-OH is 1. The topological polar surface area (TPSA) is 105 Å². The number of nitrogens with zero attached hydrogens (tertiary/aromatic N) is 1. The number of rotatable bonds is 7. The maximum Gasteiger partial charge on any atom is 0.243 e. The van der Waals surface area contributed by atoms with Crippen molar-refractivity contribution in [2.24, 2.45) is 0 Å². The summed E-state index contributed by atoms with van der Waals surface area (Å²) in [7, 11) is -3.67. The second-order valence-electron chi connectivity index (χ2n) is 10.5. The first-order valence-electron chi connectivity index (χ1n) is 13.5. The Balaban J connectivity index is 0.00000194. The fraction of sp³-hybridized carbons (Fsp3) is 0.367. The number of nitrogens with one attached hydrogen (secondary N) is 1. The van der Waals surface area contributed by atoms with E-state index in [1.54, 1.807) is 24.3 Å². The minimum atomic E-state index is -3.67. The minimum absolute atomic E-state index is 0. The van der Waals surface area contributed by atoms with Gasteiger partial charge in [-0.1, -0.05) is 43.2 Å². The lowest BCUT2D eigenvalue weighted by Gasteiger charge is -2.28. The van der Waals surface area contributed by atoms with Gasteiger partial charge in [0.1, 0.15) is 0 Å². The number of hydrogen-bond acceptors (Lipinski definition) is 6. The Hall–Kier alpha value is -3.40. The van der Waals surface area contributed by atoms with Gasteiger partial charge in [-0.15, -0.1) is 0 Å². The molecule has 0 unspecified atom stereocenters. The summed E-state index contributed by atoms with van der Waals surface area (Å²) in [4.78, 5) is 14.0. The highest BCUT2D eigenvalue weighted by Gasteiger charge is 2.43. The number of aliphatic hydroxyl groups is 1. The molecule has 0 spiro atoms. The summed E-state index contributed by atoms with van der Waals surface area (Å²) in [5.41, 5.74) is 2.71. The molecule has 3 aromatic carbocycles. The molecule has 1 amide bonds. The average Bonchev–Trinajstić information content (AvgIpc) is 3.74. The monoisotopic (exact) mass is 552 g/mol. The maximum atomic E-state index is 13.7. The van der Waals surface area contributed by atoms with Crippen molar-refractivity contribution in [1.82, 2.24) is 4.31 Å². The van der Waals surface area contributed by atoms with Crippen molar-refractivity contribution < 1.29 is 30.6 Å². The second kappa shape index (κ2) is 10.3. The van der Waals surface area contributed by atoms with Gasteiger partial charge < -0.3 is 19.9 Å². The summed E-state index contributed by atoms with van der Waals surface area (Å²) in [6.07, 6.45) is 4.91. The first kappa shape index (κ1) is 25.9. The van der Waals surface area contributed by atoms with Gasteiger partial charge in [0.15, 0.2) is 11.5 Å². The molecule has 0 aromatic heterocycles. The van der Waals surface area contributed by atoms with Crippen LogP contribution < -0.4 is 14.8 Å². The predicted octanol–water partition coefficient (Wildman–Crippen LogP) is 5.17. The Labute approximate surface area is 231 Å². The van der Waals surface area contributed by atoms with E-state index in [9.17, 15) is 18.3 Å². The Morgan fingerprint density at radius 2 is 1.74 bits per heavy atom. The molecule has 1 atom stereocenters. The molecular formula is C30H36N2O6S. The van der Waals surface area contributed by atoms with Crippen LogP contribution in [0.3, 0.4) is 0 Å². The van der Waals surface area contributed by atoms with E-state index in [1.807, 2.05) is 42.5 Å². The normalized spacial score (nSPS) is 20.3. The van der Waals surface area contributed by atoms with Crippen LogP contribution in [0.25, 0.3) is 11.1 Å². The number of anilines is 1. The highest BCUT2D eigenvalue weighted by molar-refractivity contribution is 7.89. The Morgan fingerprint density at radius 1 is 0.974 bits per heavy atom. The molecule has 0 bridgehead atoms. The van der Waals surface area contributed by atoms with E-state index >= 15 is 0 Å². The van der Waals surface area contributed by atoms with Gasteiger partial charge in [0.05, 0.1) is 16.9 Å². The molecule has 0 radical (unpaired) electrons. The van der Waals surface area contributed by atoms with Crippen LogP contribution in [0.5, 0.6) is 11.5 Å². The van der Waals surface area contributed by atoms with Crippen molar-refractivity contribution in [3.63, 3.8) is 0 Å². The van der Waals surface area contributed by atoms with E-state index in [0.717, 1.165) is 48.8 Å². The van der Waals surface area contributed by atoms with E-state index in [-0.39, 0.29) is 33.1 Å². The Bertz CT molecular complexity index is 1490. The molecule has 2 aliphatic heterocycles. The van der Waals surface area contributed by atoms with Crippen LogP contribution in [0.1, 0.15) is 46.9 Å². The van der Waals surface area contributed by atoms with Gasteiger partial charge in [0, 0.05) is 21.1 Å². The summed E-state index contributed by atoms with van der Waals surface area (Å²) in [6.45, 7) is 0.440. The summed E-state index contributed by atoms with van der Waals surface area (Å²) < 4.78 is 38.7. The molecule has 3 aromatic rings. The van der Waals surface area contributed by atoms with Crippen molar-refractivity contribution >= 4 is 21.6 Å². The fourth-order valence-corrected chi connectivity index (χ4v) is 7.79. The zero-order valence-corrected chi connectivity index (χ0v) is 22.5. The van der Waals surface area contributed by atoms with Crippen LogP contribution in [0.4, 0.5) is 5.69 Å². The molecule has 1 aliphatic carbocycles. The molecule has 1 saturated heterocycles. The third-order valence-electron chi connectivity index (χ3n) is 8.27. The average molecular weight is 553 g/mol. The lowest BCUT2D eigenvalue weighted by atomic mass is 9.77. The first-order valence-corrected chi connectivity index (χ1v) is 14.9. The van der Waals surface area contributed by atoms with Crippen molar-refractivity contribution in [3.8, 4) is 22.6 Å². The van der Waals surface area contributed by atoms with Crippen molar-refractivity contribution in [2.45, 2.75) is 54.9 Å². The number of ether oxygens (including phenoxy) is 2. The van der Waals surface area contributed by atoms with Crippen molar-refractivity contribution in [1.29, 1.82) is 0 Å². The third-order valence-corrected chi connectivity index (χ3v) is 10.2. The van der Waals surface area contributed by atoms with Gasteiger partial charge in [-0.05, 0) is 78.8 Å². The molecular weight excluding hydrogens is 516 g/mol. The molecule has 208 valence electrons. The zero-order valence-electron chi connectivity index (χ0n) is 21.6. The lowest BCUT2D eigenvalue weighted by molar-refractivity contribution is -0.121. The third kappa shape index (κ3) is 4.68. The summed E-state index contributed by atoms with van der Waals surface area (Å²) in [5, 5.41) is 12.7. The van der Waals surface area contributed by atoms with Gasteiger partial charge >= 0.3 is 0 Å². The molecule has 9 heteroatoms. The predicted molar refractivity (Wildman–Crippen MR) is 151 cm³/mol. The van der Waals surface area contributed by atoms with Crippen molar-refractivity contribution in [3.05, 3.63) is 72.3 Å². The largest absolute Gasteiger partial charge is 0.454 e. The van der Waals surface area contributed by atoms with Crippen LogP contribution in [-0.2, 0) is 20.2 Å².